The molecule has 5 aromatic rings. The van der Waals surface area contributed by atoms with Gasteiger partial charge in [-0.3, -0.25) is 23.4 Å². The number of aromatic nitrogens is 5. The van der Waals surface area contributed by atoms with Crippen LogP contribution in [0.2, 0.25) is 5.02 Å². The van der Waals surface area contributed by atoms with Crippen molar-refractivity contribution in [2.45, 2.75) is 31.3 Å². The fourth-order valence-corrected chi connectivity index (χ4v) is 5.97. The normalized spacial score (nSPS) is 14.9. The zero-order valence-electron chi connectivity index (χ0n) is 22.2. The highest BCUT2D eigenvalue weighted by Crippen LogP contribution is 2.56. The Balaban J connectivity index is 1.46. The molecule has 1 aliphatic carbocycles. The largest absolute Gasteiger partial charge is 0.332 e. The van der Waals surface area contributed by atoms with Crippen molar-refractivity contribution in [3.05, 3.63) is 109 Å². The summed E-state index contributed by atoms with van der Waals surface area (Å²) in [6, 6.07) is 7.14. The second-order valence-electron chi connectivity index (χ2n) is 10.7. The number of nitrogens with one attached hydrogen (secondary N) is 1. The van der Waals surface area contributed by atoms with Gasteiger partial charge in [0.15, 0.2) is 23.3 Å². The van der Waals surface area contributed by atoms with Crippen molar-refractivity contribution in [3.63, 3.8) is 0 Å². The molecule has 1 N–H and O–H groups in total. The summed E-state index contributed by atoms with van der Waals surface area (Å²) in [5, 5.41) is 6.59. The Morgan fingerprint density at radius 2 is 1.65 bits per heavy atom. The Kier molecular flexibility index (Phi) is 5.90. The number of benzene rings is 3. The van der Waals surface area contributed by atoms with E-state index in [4.69, 9.17) is 11.6 Å². The number of hydrogen-bond acceptors (Lipinski definition) is 5. The second kappa shape index (κ2) is 9.36. The van der Waals surface area contributed by atoms with Crippen LogP contribution in [0.15, 0.2) is 52.3 Å². The lowest BCUT2D eigenvalue weighted by molar-refractivity contribution is -0.117. The zero-order valence-corrected chi connectivity index (χ0v) is 23.0. The minimum absolute atomic E-state index is 0.0885. The molecule has 0 atom stereocenters. The van der Waals surface area contributed by atoms with E-state index < -0.39 is 58.4 Å². The van der Waals surface area contributed by atoms with Crippen molar-refractivity contribution >= 4 is 34.1 Å². The first-order valence-electron chi connectivity index (χ1n) is 13.1. The smallest absolute Gasteiger partial charge is 0.325 e. The van der Waals surface area contributed by atoms with Crippen molar-refractivity contribution in [1.82, 2.24) is 23.9 Å². The first kappa shape index (κ1) is 27.1. The fraction of sp³-hybridized carbons (Fsp3) is 0.207. The molecular weight excluding hydrogens is 592 g/mol. The zero-order chi connectivity index (χ0) is 30.4. The van der Waals surface area contributed by atoms with Crippen LogP contribution in [0.3, 0.4) is 0 Å². The third kappa shape index (κ3) is 4.17. The number of rotatable bonds is 5. The van der Waals surface area contributed by atoms with Gasteiger partial charge in [-0.2, -0.15) is 5.10 Å². The molecule has 0 saturated heterocycles. The van der Waals surface area contributed by atoms with Crippen LogP contribution in [0.4, 0.5) is 23.2 Å². The van der Waals surface area contributed by atoms with E-state index >= 15 is 4.39 Å². The van der Waals surface area contributed by atoms with Crippen LogP contribution in [0.5, 0.6) is 0 Å². The molecular formula is C29H19ClF4N6O3. The maximum absolute atomic E-state index is 15.9. The molecule has 1 spiro atoms. The van der Waals surface area contributed by atoms with E-state index in [2.05, 4.69) is 15.4 Å². The summed E-state index contributed by atoms with van der Waals surface area (Å²) in [5.74, 6) is -5.69. The van der Waals surface area contributed by atoms with Gasteiger partial charge in [-0.25, -0.2) is 27.3 Å². The van der Waals surface area contributed by atoms with Crippen molar-refractivity contribution in [2.24, 2.45) is 7.05 Å². The average molecular weight is 611 g/mol. The lowest BCUT2D eigenvalue weighted by Gasteiger charge is -2.17. The predicted molar refractivity (Wildman–Crippen MR) is 148 cm³/mol. The summed E-state index contributed by atoms with van der Waals surface area (Å²) < 4.78 is 60.9. The molecule has 2 aliphatic rings. The second-order valence-corrected chi connectivity index (χ2v) is 11.1. The number of hydrogen-bond donors (Lipinski definition) is 1. The number of fused-ring (bicyclic) bond motifs is 3. The monoisotopic (exact) mass is 610 g/mol. The van der Waals surface area contributed by atoms with Gasteiger partial charge in [-0.15, -0.1) is 0 Å². The molecule has 14 heteroatoms. The predicted octanol–water partition coefficient (Wildman–Crippen LogP) is 4.25. The Morgan fingerprint density at radius 3 is 2.30 bits per heavy atom. The van der Waals surface area contributed by atoms with Crippen LogP contribution in [0, 0.1) is 23.3 Å². The highest BCUT2D eigenvalue weighted by molar-refractivity contribution is 6.34. The standard InChI is InChI=1S/C29H19ClF4N6O3/c1-38-12-35-23(37-38)11-40-26(41)24-18(31)6-14(15-8-16-21(9-17(15)30)36-27(42)29(16)2-3-29)7-22(24)39(28(40)43)10-13-4-19(32)25(34)20(33)5-13/h4-9,12H,2-3,10-11H2,1H3,(H,36,42). The van der Waals surface area contributed by atoms with Gasteiger partial charge in [0.2, 0.25) is 5.91 Å². The lowest BCUT2D eigenvalue weighted by Crippen LogP contribution is -2.41. The Hall–Kier alpha value is -4.78. The first-order chi connectivity index (χ1) is 20.5. The summed E-state index contributed by atoms with van der Waals surface area (Å²) in [6.45, 7) is -0.955. The molecule has 0 bridgehead atoms. The molecule has 1 fully saturated rings. The number of halogens is 5. The van der Waals surface area contributed by atoms with Gasteiger partial charge in [0.25, 0.3) is 5.56 Å². The van der Waals surface area contributed by atoms with E-state index in [9.17, 15) is 27.6 Å². The highest BCUT2D eigenvalue weighted by Gasteiger charge is 2.56. The number of anilines is 1. The fourth-order valence-electron chi connectivity index (χ4n) is 5.69. The van der Waals surface area contributed by atoms with Gasteiger partial charge in [-0.1, -0.05) is 11.6 Å². The first-order valence-corrected chi connectivity index (χ1v) is 13.5. The lowest BCUT2D eigenvalue weighted by atomic mass is 9.93. The van der Waals surface area contributed by atoms with Crippen LogP contribution in [-0.2, 0) is 30.3 Å². The van der Waals surface area contributed by atoms with Crippen LogP contribution in [-0.4, -0.2) is 29.8 Å². The van der Waals surface area contributed by atoms with Crippen molar-refractivity contribution in [1.29, 1.82) is 0 Å². The number of amides is 1. The molecule has 3 heterocycles. The third-order valence-corrected chi connectivity index (χ3v) is 8.29. The number of nitrogens with zero attached hydrogens (tertiary/aromatic N) is 5. The number of carbonyl (C=O) groups is 1. The maximum Gasteiger partial charge on any atom is 0.332 e. The molecule has 2 aromatic heterocycles. The summed E-state index contributed by atoms with van der Waals surface area (Å²) in [5.41, 5.74) is -1.11. The minimum Gasteiger partial charge on any atom is -0.325 e. The summed E-state index contributed by atoms with van der Waals surface area (Å²) in [4.78, 5) is 43.9. The molecule has 218 valence electrons. The van der Waals surface area contributed by atoms with Crippen LogP contribution in [0.25, 0.3) is 22.0 Å². The molecule has 1 aliphatic heterocycles. The summed E-state index contributed by atoms with van der Waals surface area (Å²) in [6.07, 6.45) is 2.65. The minimum atomic E-state index is -1.69. The van der Waals surface area contributed by atoms with Gasteiger partial charge >= 0.3 is 5.69 Å². The SMILES string of the molecule is Cn1cnc(Cn2c(=O)c3c(F)cc(-c4cc5c(cc4Cl)NC(=O)C54CC4)cc3n(Cc3cc(F)c(F)c(F)c3)c2=O)n1. The van der Waals surface area contributed by atoms with E-state index in [0.29, 0.717) is 46.4 Å². The van der Waals surface area contributed by atoms with Crippen LogP contribution >= 0.6 is 11.6 Å². The Morgan fingerprint density at radius 1 is 0.930 bits per heavy atom. The number of aryl methyl sites for hydroxylation is 1. The van der Waals surface area contributed by atoms with E-state index in [1.165, 1.54) is 17.1 Å². The van der Waals surface area contributed by atoms with Gasteiger partial charge in [0.1, 0.15) is 12.1 Å². The van der Waals surface area contributed by atoms with E-state index in [-0.39, 0.29) is 33.4 Å². The number of carbonyl (C=O) groups excluding carboxylic acids is 1. The Labute approximate surface area is 244 Å². The topological polar surface area (TPSA) is 104 Å². The summed E-state index contributed by atoms with van der Waals surface area (Å²) >= 11 is 6.56. The van der Waals surface area contributed by atoms with Gasteiger partial charge in [0, 0.05) is 18.3 Å². The molecule has 9 nitrogen and oxygen atoms in total. The van der Waals surface area contributed by atoms with Gasteiger partial charge in [0.05, 0.1) is 34.4 Å². The Bertz CT molecular complexity index is 2150. The molecule has 7 rings (SSSR count). The van der Waals surface area contributed by atoms with Crippen molar-refractivity contribution in [2.75, 3.05) is 5.32 Å². The van der Waals surface area contributed by atoms with E-state index in [1.807, 2.05) is 0 Å². The van der Waals surface area contributed by atoms with Gasteiger partial charge in [-0.05, 0) is 65.9 Å². The average Bonchev–Trinajstić information content (AvgIpc) is 3.59. The van der Waals surface area contributed by atoms with E-state index in [1.54, 1.807) is 19.2 Å². The maximum atomic E-state index is 15.9. The molecule has 1 amide bonds. The van der Waals surface area contributed by atoms with E-state index in [0.717, 1.165) is 10.6 Å². The van der Waals surface area contributed by atoms with Crippen molar-refractivity contribution < 1.29 is 22.4 Å². The molecule has 0 radical (unpaired) electrons. The molecule has 0 unspecified atom stereocenters. The molecule has 43 heavy (non-hydrogen) atoms. The van der Waals surface area contributed by atoms with Crippen LogP contribution < -0.4 is 16.6 Å². The molecule has 3 aromatic carbocycles. The van der Waals surface area contributed by atoms with Crippen molar-refractivity contribution in [3.8, 4) is 11.1 Å². The van der Waals surface area contributed by atoms with Gasteiger partial charge < -0.3 is 5.32 Å². The third-order valence-electron chi connectivity index (χ3n) is 7.98. The quantitative estimate of drug-likeness (QED) is 0.237. The summed E-state index contributed by atoms with van der Waals surface area (Å²) in [7, 11) is 1.58. The molecule has 1 saturated carbocycles. The highest BCUT2D eigenvalue weighted by atomic mass is 35.5. The van der Waals surface area contributed by atoms with Crippen LogP contribution in [0.1, 0.15) is 29.8 Å².